The third kappa shape index (κ3) is 8.89. The summed E-state index contributed by atoms with van der Waals surface area (Å²) in [6.07, 6.45) is 10.3. The molecule has 0 bridgehead atoms. The summed E-state index contributed by atoms with van der Waals surface area (Å²) in [6, 6.07) is 0. The Kier molecular flexibility index (Phi) is 10.9. The van der Waals surface area contributed by atoms with Crippen molar-refractivity contribution in [3.05, 3.63) is 0 Å². The number of ether oxygens (including phenoxy) is 2. The first-order valence-electron chi connectivity index (χ1n) is 13.1. The highest BCUT2D eigenvalue weighted by atomic mass is 16.5. The van der Waals surface area contributed by atoms with Crippen LogP contribution in [0.4, 0.5) is 0 Å². The molecule has 6 nitrogen and oxygen atoms in total. The third-order valence-corrected chi connectivity index (χ3v) is 6.96. The minimum Gasteiger partial charge on any atom is -0.376 e. The van der Waals surface area contributed by atoms with Gasteiger partial charge in [-0.2, -0.15) is 0 Å². The van der Waals surface area contributed by atoms with Crippen LogP contribution in [0.15, 0.2) is 4.99 Å². The van der Waals surface area contributed by atoms with Crippen molar-refractivity contribution in [3.8, 4) is 0 Å². The summed E-state index contributed by atoms with van der Waals surface area (Å²) in [5.74, 6) is 2.80. The highest BCUT2D eigenvalue weighted by Gasteiger charge is 2.24. The summed E-state index contributed by atoms with van der Waals surface area (Å²) in [6.45, 7) is 16.3. The van der Waals surface area contributed by atoms with Crippen molar-refractivity contribution >= 4 is 5.96 Å². The Labute approximate surface area is 191 Å². The minimum absolute atomic E-state index is 0.321. The zero-order valence-electron chi connectivity index (χ0n) is 20.5. The molecule has 3 aliphatic heterocycles. The molecule has 180 valence electrons. The van der Waals surface area contributed by atoms with Crippen molar-refractivity contribution in [1.29, 1.82) is 0 Å². The van der Waals surface area contributed by atoms with Crippen LogP contribution in [0.2, 0.25) is 0 Å². The molecule has 0 aromatic rings. The molecule has 1 N–H and O–H groups in total. The average molecular weight is 437 g/mol. The van der Waals surface area contributed by atoms with Gasteiger partial charge in [-0.15, -0.1) is 0 Å². The number of likely N-dealkylation sites (tertiary alicyclic amines) is 2. The van der Waals surface area contributed by atoms with E-state index in [2.05, 4.69) is 35.9 Å². The summed E-state index contributed by atoms with van der Waals surface area (Å²) in [5, 5.41) is 3.51. The standard InChI is InChI=1S/C25H48N4O2/c1-4-26-25(27-12-6-7-13-28-18-21(2)17-22(3)19-28)29-14-10-23(11-15-29)31-20-24-9-5-8-16-30-24/h21-24H,4-20H2,1-3H3,(H,26,27). The predicted molar refractivity (Wildman–Crippen MR) is 129 cm³/mol. The van der Waals surface area contributed by atoms with Crippen LogP contribution < -0.4 is 5.32 Å². The number of rotatable bonds is 9. The largest absolute Gasteiger partial charge is 0.376 e. The molecule has 6 heteroatoms. The van der Waals surface area contributed by atoms with Crippen LogP contribution in [0.5, 0.6) is 0 Å². The van der Waals surface area contributed by atoms with Gasteiger partial charge in [-0.05, 0) is 76.7 Å². The summed E-state index contributed by atoms with van der Waals surface area (Å²) in [7, 11) is 0. The maximum Gasteiger partial charge on any atom is 0.193 e. The molecule has 0 spiro atoms. The fourth-order valence-electron chi connectivity index (χ4n) is 5.45. The molecule has 3 rings (SSSR count). The number of hydrogen-bond donors (Lipinski definition) is 1. The maximum absolute atomic E-state index is 6.18. The predicted octanol–water partition coefficient (Wildman–Crippen LogP) is 3.76. The van der Waals surface area contributed by atoms with Gasteiger partial charge in [0.25, 0.3) is 0 Å². The topological polar surface area (TPSA) is 49.3 Å². The van der Waals surface area contributed by atoms with Gasteiger partial charge < -0.3 is 24.6 Å². The van der Waals surface area contributed by atoms with Crippen LogP contribution >= 0.6 is 0 Å². The first-order chi connectivity index (χ1) is 15.1. The molecule has 0 aliphatic carbocycles. The second-order valence-electron chi connectivity index (χ2n) is 10.2. The molecule has 0 amide bonds. The SMILES string of the molecule is CCNC(=NCCCCN1CC(C)CC(C)C1)N1CCC(OCC2CCCCO2)CC1. The molecule has 3 heterocycles. The first-order valence-corrected chi connectivity index (χ1v) is 13.1. The third-order valence-electron chi connectivity index (χ3n) is 6.96. The van der Waals surface area contributed by atoms with Crippen LogP contribution in [-0.2, 0) is 9.47 Å². The Morgan fingerprint density at radius 1 is 1.06 bits per heavy atom. The number of nitrogens with zero attached hydrogens (tertiary/aromatic N) is 3. The first kappa shape index (κ1) is 24.8. The van der Waals surface area contributed by atoms with Crippen LogP contribution in [0.25, 0.3) is 0 Å². The van der Waals surface area contributed by atoms with Gasteiger partial charge in [-0.3, -0.25) is 4.99 Å². The van der Waals surface area contributed by atoms with Crippen molar-refractivity contribution in [2.75, 3.05) is 59.0 Å². The normalized spacial score (nSPS) is 29.3. The molecule has 3 aliphatic rings. The molecule has 0 aromatic heterocycles. The van der Waals surface area contributed by atoms with Crippen molar-refractivity contribution in [2.45, 2.75) is 84.3 Å². The summed E-state index contributed by atoms with van der Waals surface area (Å²) < 4.78 is 12.0. The Morgan fingerprint density at radius 2 is 1.84 bits per heavy atom. The quantitative estimate of drug-likeness (QED) is 0.339. The molecule has 3 unspecified atom stereocenters. The molecule has 0 saturated carbocycles. The lowest BCUT2D eigenvalue weighted by Gasteiger charge is -2.35. The van der Waals surface area contributed by atoms with E-state index in [0.717, 1.165) is 76.5 Å². The monoisotopic (exact) mass is 436 g/mol. The number of guanidine groups is 1. The Balaban J connectivity index is 1.32. The Bertz CT molecular complexity index is 506. The van der Waals surface area contributed by atoms with Gasteiger partial charge >= 0.3 is 0 Å². The van der Waals surface area contributed by atoms with E-state index in [4.69, 9.17) is 14.5 Å². The molecule has 0 radical (unpaired) electrons. The lowest BCUT2D eigenvalue weighted by Crippen LogP contribution is -2.47. The zero-order valence-corrected chi connectivity index (χ0v) is 20.5. The second-order valence-corrected chi connectivity index (χ2v) is 10.2. The van der Waals surface area contributed by atoms with Crippen LogP contribution in [-0.4, -0.2) is 87.0 Å². The van der Waals surface area contributed by atoms with E-state index in [1.807, 2.05) is 0 Å². The van der Waals surface area contributed by atoms with Gasteiger partial charge in [0.2, 0.25) is 0 Å². The van der Waals surface area contributed by atoms with Crippen molar-refractivity contribution in [2.24, 2.45) is 16.8 Å². The maximum atomic E-state index is 6.18. The molecule has 0 aromatic carbocycles. The van der Waals surface area contributed by atoms with Gasteiger partial charge in [0.05, 0.1) is 18.8 Å². The summed E-state index contributed by atoms with van der Waals surface area (Å²) >= 11 is 0. The minimum atomic E-state index is 0.321. The molecular formula is C25H48N4O2. The fourth-order valence-corrected chi connectivity index (χ4v) is 5.45. The fraction of sp³-hybridized carbons (Fsp3) is 0.960. The van der Waals surface area contributed by atoms with Gasteiger partial charge in [0.15, 0.2) is 5.96 Å². The van der Waals surface area contributed by atoms with Crippen LogP contribution in [0.3, 0.4) is 0 Å². The van der Waals surface area contributed by atoms with E-state index in [1.165, 1.54) is 51.7 Å². The van der Waals surface area contributed by atoms with E-state index in [1.54, 1.807) is 0 Å². The molecular weight excluding hydrogens is 388 g/mol. The van der Waals surface area contributed by atoms with Gasteiger partial charge in [0.1, 0.15) is 0 Å². The number of nitrogens with one attached hydrogen (secondary N) is 1. The van der Waals surface area contributed by atoms with E-state index in [0.29, 0.717) is 12.2 Å². The van der Waals surface area contributed by atoms with E-state index in [9.17, 15) is 0 Å². The van der Waals surface area contributed by atoms with E-state index in [-0.39, 0.29) is 0 Å². The van der Waals surface area contributed by atoms with Crippen molar-refractivity contribution in [3.63, 3.8) is 0 Å². The Hall–Kier alpha value is -0.850. The molecule has 3 atom stereocenters. The lowest BCUT2D eigenvalue weighted by molar-refractivity contribution is -0.0721. The van der Waals surface area contributed by atoms with E-state index < -0.39 is 0 Å². The number of piperidine rings is 2. The van der Waals surface area contributed by atoms with Crippen molar-refractivity contribution in [1.82, 2.24) is 15.1 Å². The van der Waals surface area contributed by atoms with Gasteiger partial charge in [-0.25, -0.2) is 0 Å². The van der Waals surface area contributed by atoms with E-state index >= 15 is 0 Å². The number of unbranched alkanes of at least 4 members (excludes halogenated alkanes) is 1. The van der Waals surface area contributed by atoms with Gasteiger partial charge in [0, 0.05) is 45.9 Å². The number of hydrogen-bond acceptors (Lipinski definition) is 4. The molecule has 3 fully saturated rings. The molecule has 31 heavy (non-hydrogen) atoms. The highest BCUT2D eigenvalue weighted by molar-refractivity contribution is 5.80. The molecule has 3 saturated heterocycles. The average Bonchev–Trinajstić information content (AvgIpc) is 2.77. The zero-order chi connectivity index (χ0) is 21.9. The lowest BCUT2D eigenvalue weighted by atomic mass is 9.92. The summed E-state index contributed by atoms with van der Waals surface area (Å²) in [4.78, 5) is 10.0. The highest BCUT2D eigenvalue weighted by Crippen LogP contribution is 2.21. The second kappa shape index (κ2) is 13.6. The smallest absolute Gasteiger partial charge is 0.193 e. The van der Waals surface area contributed by atoms with Gasteiger partial charge in [-0.1, -0.05) is 13.8 Å². The van der Waals surface area contributed by atoms with Crippen LogP contribution in [0, 0.1) is 11.8 Å². The summed E-state index contributed by atoms with van der Waals surface area (Å²) in [5.41, 5.74) is 0. The number of aliphatic imine (C=N–C) groups is 1. The van der Waals surface area contributed by atoms with Crippen molar-refractivity contribution < 1.29 is 9.47 Å². The van der Waals surface area contributed by atoms with Crippen LogP contribution in [0.1, 0.15) is 72.1 Å². The Morgan fingerprint density at radius 3 is 2.52 bits per heavy atom.